The SMILES string of the molecule is CCCCCCC[CH2][Al]([Cl])[c]1ccccc1. The van der Waals surface area contributed by atoms with Crippen molar-refractivity contribution in [2.75, 3.05) is 0 Å². The maximum absolute atomic E-state index is 6.49. The van der Waals surface area contributed by atoms with Gasteiger partial charge in [-0.2, -0.15) is 0 Å². The van der Waals surface area contributed by atoms with Gasteiger partial charge in [-0.3, -0.25) is 10.0 Å². The quantitative estimate of drug-likeness (QED) is 0.473. The summed E-state index contributed by atoms with van der Waals surface area (Å²) >= 11 is -1.15. The van der Waals surface area contributed by atoms with Crippen LogP contribution in [0.3, 0.4) is 0 Å². The van der Waals surface area contributed by atoms with Crippen LogP contribution in [0, 0.1) is 0 Å². The van der Waals surface area contributed by atoms with Crippen LogP contribution < -0.4 is 4.43 Å². The van der Waals surface area contributed by atoms with E-state index in [0.29, 0.717) is 0 Å². The molecule has 88 valence electrons. The first-order valence-electron chi connectivity index (χ1n) is 6.53. The van der Waals surface area contributed by atoms with Crippen LogP contribution >= 0.6 is 10.0 Å². The Kier molecular flexibility index (Phi) is 8.03. The molecule has 2 heteroatoms. The van der Waals surface area contributed by atoms with Crippen LogP contribution in [-0.2, 0) is 0 Å². The lowest BCUT2D eigenvalue weighted by atomic mass is 10.1. The lowest BCUT2D eigenvalue weighted by molar-refractivity contribution is 0.624. The van der Waals surface area contributed by atoms with Gasteiger partial charge < -0.3 is 0 Å². The Morgan fingerprint density at radius 1 is 0.938 bits per heavy atom. The number of halogens is 1. The monoisotopic (exact) mass is 252 g/mol. The maximum atomic E-state index is 6.49. The van der Waals surface area contributed by atoms with Crippen molar-refractivity contribution < 1.29 is 0 Å². The molecule has 16 heavy (non-hydrogen) atoms. The third kappa shape index (κ3) is 5.95. The molecule has 0 nitrogen and oxygen atoms in total. The Bertz CT molecular complexity index is 261. The fourth-order valence-corrected chi connectivity index (χ4v) is 4.45. The van der Waals surface area contributed by atoms with Crippen LogP contribution in [0.1, 0.15) is 45.4 Å². The molecular weight excluding hydrogens is 231 g/mol. The van der Waals surface area contributed by atoms with Crippen LogP contribution in [0.5, 0.6) is 0 Å². The van der Waals surface area contributed by atoms with E-state index in [1.807, 2.05) is 0 Å². The fraction of sp³-hybridized carbons (Fsp3) is 0.571. The van der Waals surface area contributed by atoms with E-state index >= 15 is 0 Å². The van der Waals surface area contributed by atoms with E-state index in [0.717, 1.165) is 0 Å². The minimum Gasteiger partial charge on any atom is -0.253 e. The Labute approximate surface area is 109 Å². The van der Waals surface area contributed by atoms with Gasteiger partial charge in [0, 0.05) is 0 Å². The summed E-state index contributed by atoms with van der Waals surface area (Å²) in [5, 5.41) is 1.25. The number of benzene rings is 1. The number of hydrogen-bond acceptors (Lipinski definition) is 0. The van der Waals surface area contributed by atoms with Crippen LogP contribution in [0.15, 0.2) is 30.3 Å². The highest BCUT2D eigenvalue weighted by atomic mass is 35.6. The molecular formula is C14H22AlCl. The highest BCUT2D eigenvalue weighted by molar-refractivity contribution is 7.14. The molecule has 0 atom stereocenters. The molecule has 1 rings (SSSR count). The standard InChI is InChI=1S/C8H17.C6H5.Al.ClH/c1-3-5-7-8-6-4-2;1-2-4-6-5-3-1;;/h1,3-8H2,2H3;1-5H;;1H/q;;+1;/p-1. The van der Waals surface area contributed by atoms with E-state index in [2.05, 4.69) is 37.3 Å². The summed E-state index contributed by atoms with van der Waals surface area (Å²) in [5.74, 6) is 0. The second-order valence-electron chi connectivity index (χ2n) is 4.43. The van der Waals surface area contributed by atoms with E-state index in [-0.39, 0.29) is 0 Å². The molecule has 0 radical (unpaired) electrons. The van der Waals surface area contributed by atoms with Crippen molar-refractivity contribution in [2.24, 2.45) is 0 Å². The van der Waals surface area contributed by atoms with Crippen LogP contribution in [0.2, 0.25) is 5.28 Å². The van der Waals surface area contributed by atoms with E-state index in [1.54, 1.807) is 0 Å². The minimum atomic E-state index is -1.15. The molecule has 0 fully saturated rings. The Balaban J connectivity index is 2.09. The zero-order valence-electron chi connectivity index (χ0n) is 10.3. The molecule has 0 spiro atoms. The summed E-state index contributed by atoms with van der Waals surface area (Å²) in [5.41, 5.74) is 0. The van der Waals surface area contributed by atoms with Gasteiger partial charge in [-0.05, 0) is 0 Å². The van der Waals surface area contributed by atoms with Crippen molar-refractivity contribution in [2.45, 2.75) is 50.7 Å². The first-order chi connectivity index (χ1) is 7.84. The third-order valence-corrected chi connectivity index (χ3v) is 6.41. The second kappa shape index (κ2) is 9.11. The molecule has 0 saturated carbocycles. The summed E-state index contributed by atoms with van der Waals surface area (Å²) in [6, 6.07) is 10.6. The van der Waals surface area contributed by atoms with Gasteiger partial charge in [0.05, 0.1) is 0 Å². The van der Waals surface area contributed by atoms with E-state index in [9.17, 15) is 0 Å². The van der Waals surface area contributed by atoms with Gasteiger partial charge >= 0.3 is 13.2 Å². The molecule has 0 aromatic heterocycles. The van der Waals surface area contributed by atoms with Gasteiger partial charge in [0.1, 0.15) is 0 Å². The number of hydrogen-bond donors (Lipinski definition) is 0. The first kappa shape index (κ1) is 14.1. The van der Waals surface area contributed by atoms with Crippen molar-refractivity contribution in [3.63, 3.8) is 0 Å². The van der Waals surface area contributed by atoms with Crippen LogP contribution in [0.4, 0.5) is 0 Å². The third-order valence-electron chi connectivity index (χ3n) is 2.97. The topological polar surface area (TPSA) is 0 Å². The van der Waals surface area contributed by atoms with Crippen molar-refractivity contribution in [1.29, 1.82) is 0 Å². The van der Waals surface area contributed by atoms with Crippen molar-refractivity contribution in [1.82, 2.24) is 0 Å². The zero-order valence-corrected chi connectivity index (χ0v) is 12.2. The highest BCUT2D eigenvalue weighted by Crippen LogP contribution is 2.10. The minimum absolute atomic E-state index is 1.15. The largest absolute Gasteiger partial charge is 0.437 e. The molecule has 0 N–H and O–H groups in total. The molecule has 0 amide bonds. The lowest BCUT2D eigenvalue weighted by Crippen LogP contribution is -2.23. The predicted molar refractivity (Wildman–Crippen MR) is 75.9 cm³/mol. The van der Waals surface area contributed by atoms with Gasteiger partial charge in [0.25, 0.3) is 0 Å². The number of unbranched alkanes of at least 4 members (excludes halogenated alkanes) is 5. The van der Waals surface area contributed by atoms with E-state index in [1.165, 1.54) is 48.2 Å². The van der Waals surface area contributed by atoms with Crippen molar-refractivity contribution in [3.05, 3.63) is 30.3 Å². The van der Waals surface area contributed by atoms with Crippen LogP contribution in [-0.4, -0.2) is 13.2 Å². The molecule has 0 unspecified atom stereocenters. The zero-order chi connectivity index (χ0) is 11.6. The molecule has 0 bridgehead atoms. The average Bonchev–Trinajstić information content (AvgIpc) is 2.34. The molecule has 0 aliphatic rings. The summed E-state index contributed by atoms with van der Waals surface area (Å²) in [4.78, 5) is 0. The van der Waals surface area contributed by atoms with E-state index in [4.69, 9.17) is 10.0 Å². The Morgan fingerprint density at radius 3 is 2.25 bits per heavy atom. The smallest absolute Gasteiger partial charge is 0.253 e. The van der Waals surface area contributed by atoms with Crippen molar-refractivity contribution in [3.8, 4) is 0 Å². The summed E-state index contributed by atoms with van der Waals surface area (Å²) in [6.07, 6.45) is 8.19. The fourth-order valence-electron chi connectivity index (χ4n) is 1.93. The predicted octanol–water partition coefficient (Wildman–Crippen LogP) is 4.48. The van der Waals surface area contributed by atoms with Crippen molar-refractivity contribution >= 4 is 27.7 Å². The molecule has 0 aliphatic carbocycles. The molecule has 1 aromatic carbocycles. The second-order valence-corrected chi connectivity index (χ2v) is 8.19. The van der Waals surface area contributed by atoms with Gasteiger partial charge in [0.2, 0.25) is 0 Å². The summed E-state index contributed by atoms with van der Waals surface area (Å²) in [7, 11) is 6.49. The summed E-state index contributed by atoms with van der Waals surface area (Å²) in [6.45, 7) is 2.26. The number of rotatable bonds is 8. The summed E-state index contributed by atoms with van der Waals surface area (Å²) < 4.78 is 1.40. The van der Waals surface area contributed by atoms with Gasteiger partial charge in [0.15, 0.2) is 0 Å². The molecule has 1 aromatic rings. The first-order valence-corrected chi connectivity index (χ1v) is 9.67. The molecule has 0 aliphatic heterocycles. The Morgan fingerprint density at radius 2 is 1.56 bits per heavy atom. The van der Waals surface area contributed by atoms with Crippen LogP contribution in [0.25, 0.3) is 0 Å². The average molecular weight is 253 g/mol. The Hall–Kier alpha value is 0.0425. The van der Waals surface area contributed by atoms with E-state index < -0.39 is 13.2 Å². The van der Waals surface area contributed by atoms with Gasteiger partial charge in [-0.1, -0.05) is 85.5 Å². The molecule has 0 saturated heterocycles. The van der Waals surface area contributed by atoms with Gasteiger partial charge in [-0.15, -0.1) is 0 Å². The highest BCUT2D eigenvalue weighted by Gasteiger charge is 2.15. The van der Waals surface area contributed by atoms with Gasteiger partial charge in [-0.25, -0.2) is 0 Å². The lowest BCUT2D eigenvalue weighted by Gasteiger charge is -2.04. The maximum Gasteiger partial charge on any atom is 0.437 e. The normalized spacial score (nSPS) is 10.4. The molecule has 0 heterocycles.